The summed E-state index contributed by atoms with van der Waals surface area (Å²) in [5.74, 6) is 0.0640. The van der Waals surface area contributed by atoms with Crippen LogP contribution in [-0.4, -0.2) is 30.2 Å². The van der Waals surface area contributed by atoms with Crippen molar-refractivity contribution in [1.82, 2.24) is 10.6 Å². The van der Waals surface area contributed by atoms with Gasteiger partial charge in [-0.2, -0.15) is 0 Å². The summed E-state index contributed by atoms with van der Waals surface area (Å²) >= 11 is 0. The molecule has 1 aliphatic rings. The summed E-state index contributed by atoms with van der Waals surface area (Å²) in [5.41, 5.74) is -0.0559. The predicted octanol–water partition coefficient (Wildman–Crippen LogP) is 2.37. The Balaban J connectivity index is 2.03. The highest BCUT2D eigenvalue weighted by molar-refractivity contribution is 5.73. The number of carboxylic acid groups (broad SMARTS) is 1. The third-order valence-electron chi connectivity index (χ3n) is 3.64. The highest BCUT2D eigenvalue weighted by Crippen LogP contribution is 2.31. The van der Waals surface area contributed by atoms with E-state index in [9.17, 15) is 9.59 Å². The molecule has 0 aromatic carbocycles. The van der Waals surface area contributed by atoms with Gasteiger partial charge in [0.25, 0.3) is 0 Å². The molecule has 0 heterocycles. The van der Waals surface area contributed by atoms with E-state index in [2.05, 4.69) is 10.6 Å². The normalized spacial score (nSPS) is 15.1. The van der Waals surface area contributed by atoms with Crippen LogP contribution in [-0.2, 0) is 4.79 Å². The van der Waals surface area contributed by atoms with Crippen LogP contribution in [0.3, 0.4) is 0 Å². The second kappa shape index (κ2) is 7.36. The summed E-state index contributed by atoms with van der Waals surface area (Å²) in [6, 6.07) is -0.116. The molecule has 0 unspecified atom stereocenters. The zero-order valence-corrected chi connectivity index (χ0v) is 12.0. The molecule has 0 aromatic heterocycles. The second-order valence-corrected chi connectivity index (χ2v) is 6.22. The topological polar surface area (TPSA) is 78.4 Å². The largest absolute Gasteiger partial charge is 0.481 e. The minimum Gasteiger partial charge on any atom is -0.481 e. The monoisotopic (exact) mass is 270 g/mol. The first-order valence-electron chi connectivity index (χ1n) is 7.12. The Morgan fingerprint density at radius 2 is 1.79 bits per heavy atom. The van der Waals surface area contributed by atoms with E-state index in [0.717, 1.165) is 25.3 Å². The van der Waals surface area contributed by atoms with Crippen molar-refractivity contribution in [2.24, 2.45) is 11.3 Å². The summed E-state index contributed by atoms with van der Waals surface area (Å²) in [5, 5.41) is 14.3. The van der Waals surface area contributed by atoms with Crippen molar-refractivity contribution in [3.8, 4) is 0 Å². The summed E-state index contributed by atoms with van der Waals surface area (Å²) in [7, 11) is 0. The van der Waals surface area contributed by atoms with Gasteiger partial charge in [0.1, 0.15) is 0 Å². The number of carbonyl (C=O) groups excluding carboxylic acids is 1. The fraction of sp³-hybridized carbons (Fsp3) is 0.857. The first-order chi connectivity index (χ1) is 8.89. The number of amides is 2. The van der Waals surface area contributed by atoms with Crippen LogP contribution in [0.1, 0.15) is 52.4 Å². The van der Waals surface area contributed by atoms with Gasteiger partial charge in [0.2, 0.25) is 0 Å². The van der Waals surface area contributed by atoms with Crippen molar-refractivity contribution < 1.29 is 14.7 Å². The summed E-state index contributed by atoms with van der Waals surface area (Å²) in [6.45, 7) is 5.39. The van der Waals surface area contributed by atoms with Gasteiger partial charge < -0.3 is 15.7 Å². The van der Waals surface area contributed by atoms with Crippen molar-refractivity contribution >= 4 is 12.0 Å². The molecule has 0 bridgehead atoms. The van der Waals surface area contributed by atoms with Gasteiger partial charge in [0.15, 0.2) is 0 Å². The maximum atomic E-state index is 11.5. The molecule has 0 radical (unpaired) electrons. The maximum Gasteiger partial charge on any atom is 0.314 e. The average Bonchev–Trinajstić information content (AvgIpc) is 3.10. The van der Waals surface area contributed by atoms with Crippen LogP contribution >= 0.6 is 0 Å². The number of aliphatic carboxylic acids is 1. The molecule has 0 aromatic rings. The highest BCUT2D eigenvalue weighted by atomic mass is 16.4. The predicted molar refractivity (Wildman–Crippen MR) is 74.0 cm³/mol. The zero-order chi connectivity index (χ0) is 14.3. The molecule has 0 saturated heterocycles. The SMILES string of the molecule is CC(C)(CCNC(=O)NCCC1CC1)CCC(=O)O. The van der Waals surface area contributed by atoms with E-state index in [4.69, 9.17) is 5.11 Å². The highest BCUT2D eigenvalue weighted by Gasteiger charge is 2.21. The van der Waals surface area contributed by atoms with E-state index < -0.39 is 5.97 Å². The summed E-state index contributed by atoms with van der Waals surface area (Å²) in [4.78, 5) is 22.0. The van der Waals surface area contributed by atoms with Gasteiger partial charge in [-0.3, -0.25) is 4.79 Å². The van der Waals surface area contributed by atoms with Crippen molar-refractivity contribution in [3.05, 3.63) is 0 Å². The fourth-order valence-corrected chi connectivity index (χ4v) is 1.94. The van der Waals surface area contributed by atoms with Gasteiger partial charge in [-0.05, 0) is 30.6 Å². The van der Waals surface area contributed by atoms with E-state index in [-0.39, 0.29) is 17.9 Å². The fourth-order valence-electron chi connectivity index (χ4n) is 1.94. The van der Waals surface area contributed by atoms with Crippen LogP contribution < -0.4 is 10.6 Å². The smallest absolute Gasteiger partial charge is 0.314 e. The van der Waals surface area contributed by atoms with E-state index in [1.807, 2.05) is 13.8 Å². The molecule has 110 valence electrons. The first kappa shape index (κ1) is 15.8. The minimum atomic E-state index is -0.765. The molecule has 1 rings (SSSR count). The minimum absolute atomic E-state index is 0.0559. The molecule has 0 aliphatic heterocycles. The second-order valence-electron chi connectivity index (χ2n) is 6.22. The first-order valence-corrected chi connectivity index (χ1v) is 7.12. The van der Waals surface area contributed by atoms with Crippen molar-refractivity contribution in [3.63, 3.8) is 0 Å². The van der Waals surface area contributed by atoms with Crippen molar-refractivity contribution in [2.45, 2.75) is 52.4 Å². The lowest BCUT2D eigenvalue weighted by Crippen LogP contribution is -2.37. The van der Waals surface area contributed by atoms with Crippen LogP contribution in [0.2, 0.25) is 0 Å². The van der Waals surface area contributed by atoms with Gasteiger partial charge in [0.05, 0.1) is 0 Å². The lowest BCUT2D eigenvalue weighted by atomic mass is 9.84. The molecule has 0 atom stereocenters. The Kier molecular flexibility index (Phi) is 6.12. The van der Waals surface area contributed by atoms with E-state index in [1.165, 1.54) is 12.8 Å². The number of carboxylic acids is 1. The van der Waals surface area contributed by atoms with Crippen LogP contribution in [0.5, 0.6) is 0 Å². The third kappa shape index (κ3) is 8.46. The molecule has 1 aliphatic carbocycles. The molecule has 19 heavy (non-hydrogen) atoms. The van der Waals surface area contributed by atoms with Crippen molar-refractivity contribution in [2.75, 3.05) is 13.1 Å². The van der Waals surface area contributed by atoms with Gasteiger partial charge in [-0.15, -0.1) is 0 Å². The Morgan fingerprint density at radius 1 is 1.16 bits per heavy atom. The maximum absolute atomic E-state index is 11.5. The third-order valence-corrected chi connectivity index (χ3v) is 3.64. The van der Waals surface area contributed by atoms with Gasteiger partial charge >= 0.3 is 12.0 Å². The number of nitrogens with one attached hydrogen (secondary N) is 2. The molecule has 3 N–H and O–H groups in total. The van der Waals surface area contributed by atoms with Crippen LogP contribution in [0.4, 0.5) is 4.79 Å². The Bertz CT molecular complexity index is 312. The number of rotatable bonds is 9. The number of hydrogen-bond acceptors (Lipinski definition) is 2. The van der Waals surface area contributed by atoms with Gasteiger partial charge in [-0.25, -0.2) is 4.79 Å². The van der Waals surface area contributed by atoms with Crippen LogP contribution in [0.25, 0.3) is 0 Å². The number of carbonyl (C=O) groups is 2. The van der Waals surface area contributed by atoms with Crippen molar-refractivity contribution in [1.29, 1.82) is 0 Å². The van der Waals surface area contributed by atoms with E-state index in [0.29, 0.717) is 13.0 Å². The molecule has 2 amide bonds. The molecule has 1 saturated carbocycles. The number of urea groups is 1. The molecular weight excluding hydrogens is 244 g/mol. The Labute approximate surface area is 115 Å². The Morgan fingerprint density at radius 3 is 2.37 bits per heavy atom. The van der Waals surface area contributed by atoms with Gasteiger partial charge in [0, 0.05) is 19.5 Å². The zero-order valence-electron chi connectivity index (χ0n) is 12.0. The average molecular weight is 270 g/mol. The summed E-state index contributed by atoms with van der Waals surface area (Å²) < 4.78 is 0. The molecule has 5 heteroatoms. The summed E-state index contributed by atoms with van der Waals surface area (Å²) in [6.07, 6.45) is 5.30. The lowest BCUT2D eigenvalue weighted by molar-refractivity contribution is -0.137. The Hall–Kier alpha value is -1.26. The van der Waals surface area contributed by atoms with E-state index >= 15 is 0 Å². The lowest BCUT2D eigenvalue weighted by Gasteiger charge is -2.23. The molecule has 5 nitrogen and oxygen atoms in total. The van der Waals surface area contributed by atoms with E-state index in [1.54, 1.807) is 0 Å². The molecule has 0 spiro atoms. The van der Waals surface area contributed by atoms with Crippen LogP contribution in [0.15, 0.2) is 0 Å². The molecular formula is C14H26N2O3. The standard InChI is InChI=1S/C14H26N2O3/c1-14(2,7-5-12(17)18)8-10-16-13(19)15-9-6-11-3-4-11/h11H,3-10H2,1-2H3,(H,17,18)(H2,15,16,19). The quantitative estimate of drug-likeness (QED) is 0.602. The number of hydrogen-bond donors (Lipinski definition) is 3. The molecule has 1 fully saturated rings. The van der Waals surface area contributed by atoms with Gasteiger partial charge in [-0.1, -0.05) is 26.7 Å². The van der Waals surface area contributed by atoms with Crippen LogP contribution in [0, 0.1) is 11.3 Å².